The maximum Gasteiger partial charge on any atom is -0.0169 e. The fourth-order valence-electron chi connectivity index (χ4n) is 1.40. The van der Waals surface area contributed by atoms with E-state index in [2.05, 4.69) is 48.6 Å². The summed E-state index contributed by atoms with van der Waals surface area (Å²) in [4.78, 5) is 0. The summed E-state index contributed by atoms with van der Waals surface area (Å²) >= 11 is 0. The topological polar surface area (TPSA) is 0 Å². The van der Waals surface area contributed by atoms with Gasteiger partial charge in [-0.25, -0.2) is 0 Å². The van der Waals surface area contributed by atoms with Crippen LogP contribution in [0.25, 0.3) is 0 Å². The van der Waals surface area contributed by atoms with Crippen LogP contribution in [0.5, 0.6) is 0 Å². The number of allylic oxidation sites excluding steroid dienone is 8. The molecule has 0 radical (unpaired) electrons. The first-order chi connectivity index (χ1) is 7.00. The van der Waals surface area contributed by atoms with Crippen LogP contribution >= 0.6 is 0 Å². The SMILES string of the molecule is C1=C/C/C=C/CC/C=C/CC/C=C/C/1. The largest absolute Gasteiger partial charge is 0.0882 e. The minimum Gasteiger partial charge on any atom is -0.0882 e. The second-order valence-corrected chi connectivity index (χ2v) is 3.51. The van der Waals surface area contributed by atoms with Gasteiger partial charge in [-0.1, -0.05) is 48.6 Å². The predicted octanol–water partition coefficient (Wildman–Crippen LogP) is 4.57. The van der Waals surface area contributed by atoms with E-state index in [9.17, 15) is 0 Å². The van der Waals surface area contributed by atoms with Crippen molar-refractivity contribution in [1.29, 1.82) is 0 Å². The van der Waals surface area contributed by atoms with E-state index in [1.54, 1.807) is 0 Å². The van der Waals surface area contributed by atoms with E-state index < -0.39 is 0 Å². The van der Waals surface area contributed by atoms with Crippen molar-refractivity contribution < 1.29 is 0 Å². The second-order valence-electron chi connectivity index (χ2n) is 3.51. The molecule has 14 heavy (non-hydrogen) atoms. The average molecular weight is 188 g/mol. The van der Waals surface area contributed by atoms with Gasteiger partial charge in [0.2, 0.25) is 0 Å². The Morgan fingerprint density at radius 1 is 0.357 bits per heavy atom. The van der Waals surface area contributed by atoms with Crippen LogP contribution in [0, 0.1) is 0 Å². The van der Waals surface area contributed by atoms with Gasteiger partial charge in [-0.3, -0.25) is 0 Å². The molecule has 0 fully saturated rings. The Labute approximate surface area is 87.7 Å². The Hall–Kier alpha value is -1.04. The summed E-state index contributed by atoms with van der Waals surface area (Å²) in [6, 6.07) is 0. The van der Waals surface area contributed by atoms with Crippen molar-refractivity contribution >= 4 is 0 Å². The number of hydrogen-bond acceptors (Lipinski definition) is 0. The molecule has 0 amide bonds. The van der Waals surface area contributed by atoms with Gasteiger partial charge in [-0.15, -0.1) is 0 Å². The van der Waals surface area contributed by atoms with Crippen molar-refractivity contribution in [3.63, 3.8) is 0 Å². The summed E-state index contributed by atoms with van der Waals surface area (Å²) in [6.07, 6.45) is 25.0. The second kappa shape index (κ2) is 8.55. The minimum absolute atomic E-state index is 1.08. The highest BCUT2D eigenvalue weighted by molar-refractivity contribution is 4.99. The first-order valence-electron chi connectivity index (χ1n) is 5.60. The maximum atomic E-state index is 2.29. The Morgan fingerprint density at radius 3 is 1.07 bits per heavy atom. The molecule has 1 rings (SSSR count). The van der Waals surface area contributed by atoms with E-state index in [4.69, 9.17) is 0 Å². The zero-order chi connectivity index (χ0) is 9.90. The summed E-state index contributed by atoms with van der Waals surface area (Å²) in [5.74, 6) is 0. The van der Waals surface area contributed by atoms with E-state index >= 15 is 0 Å². The van der Waals surface area contributed by atoms with Crippen LogP contribution in [-0.4, -0.2) is 0 Å². The Kier molecular flexibility index (Phi) is 6.74. The lowest BCUT2D eigenvalue weighted by atomic mass is 10.2. The molecule has 0 saturated carbocycles. The highest BCUT2D eigenvalue weighted by Gasteiger charge is 1.80. The number of hydrogen-bond donors (Lipinski definition) is 0. The van der Waals surface area contributed by atoms with Crippen molar-refractivity contribution in [2.75, 3.05) is 0 Å². The van der Waals surface area contributed by atoms with E-state index in [0.717, 1.165) is 12.8 Å². The average Bonchev–Trinajstić information content (AvgIpc) is 2.22. The first-order valence-corrected chi connectivity index (χ1v) is 5.60. The van der Waals surface area contributed by atoms with E-state index in [0.29, 0.717) is 0 Å². The van der Waals surface area contributed by atoms with E-state index in [-0.39, 0.29) is 0 Å². The summed E-state index contributed by atoms with van der Waals surface area (Å²) < 4.78 is 0. The van der Waals surface area contributed by atoms with Crippen molar-refractivity contribution in [3.8, 4) is 0 Å². The summed E-state index contributed by atoms with van der Waals surface area (Å²) in [5, 5.41) is 0. The molecule has 0 N–H and O–H groups in total. The molecule has 0 aromatic heterocycles. The van der Waals surface area contributed by atoms with Crippen LogP contribution in [-0.2, 0) is 0 Å². The molecule has 0 aliphatic heterocycles. The van der Waals surface area contributed by atoms with Crippen LogP contribution in [0.15, 0.2) is 48.6 Å². The van der Waals surface area contributed by atoms with Gasteiger partial charge in [0.25, 0.3) is 0 Å². The van der Waals surface area contributed by atoms with Crippen LogP contribution in [0.1, 0.15) is 38.5 Å². The fourth-order valence-corrected chi connectivity index (χ4v) is 1.40. The van der Waals surface area contributed by atoms with Crippen LogP contribution in [0.4, 0.5) is 0 Å². The minimum atomic E-state index is 1.08. The van der Waals surface area contributed by atoms with Crippen molar-refractivity contribution in [1.82, 2.24) is 0 Å². The van der Waals surface area contributed by atoms with Gasteiger partial charge in [0.15, 0.2) is 0 Å². The van der Waals surface area contributed by atoms with Crippen LogP contribution in [0.2, 0.25) is 0 Å². The third-order valence-corrected chi connectivity index (χ3v) is 2.21. The lowest BCUT2D eigenvalue weighted by molar-refractivity contribution is 0.997. The smallest absolute Gasteiger partial charge is 0.0169 e. The molecule has 0 spiro atoms. The zero-order valence-electron chi connectivity index (χ0n) is 8.86. The molecule has 0 heterocycles. The molecular formula is C14H20. The fraction of sp³-hybridized carbons (Fsp3) is 0.429. The predicted molar refractivity (Wildman–Crippen MR) is 64.3 cm³/mol. The molecule has 0 bridgehead atoms. The van der Waals surface area contributed by atoms with Crippen molar-refractivity contribution in [2.24, 2.45) is 0 Å². The van der Waals surface area contributed by atoms with Gasteiger partial charge in [-0.05, 0) is 38.5 Å². The lowest BCUT2D eigenvalue weighted by Crippen LogP contribution is -1.70. The lowest BCUT2D eigenvalue weighted by Gasteiger charge is -1.90. The van der Waals surface area contributed by atoms with Gasteiger partial charge in [0.1, 0.15) is 0 Å². The molecular weight excluding hydrogens is 168 g/mol. The summed E-state index contributed by atoms with van der Waals surface area (Å²) in [5.41, 5.74) is 0. The summed E-state index contributed by atoms with van der Waals surface area (Å²) in [6.45, 7) is 0. The van der Waals surface area contributed by atoms with Crippen molar-refractivity contribution in [3.05, 3.63) is 48.6 Å². The summed E-state index contributed by atoms with van der Waals surface area (Å²) in [7, 11) is 0. The van der Waals surface area contributed by atoms with Crippen molar-refractivity contribution in [2.45, 2.75) is 38.5 Å². The van der Waals surface area contributed by atoms with E-state index in [1.165, 1.54) is 25.7 Å². The molecule has 0 aromatic carbocycles. The van der Waals surface area contributed by atoms with Gasteiger partial charge in [-0.2, -0.15) is 0 Å². The Balaban J connectivity index is 2.34. The quantitative estimate of drug-likeness (QED) is 0.489. The molecule has 0 atom stereocenters. The molecule has 76 valence electrons. The molecule has 0 nitrogen and oxygen atoms in total. The van der Waals surface area contributed by atoms with Gasteiger partial charge in [0, 0.05) is 0 Å². The van der Waals surface area contributed by atoms with Crippen LogP contribution < -0.4 is 0 Å². The first kappa shape index (κ1) is 11.0. The highest BCUT2D eigenvalue weighted by atomic mass is 13.9. The van der Waals surface area contributed by atoms with Crippen LogP contribution in [0.3, 0.4) is 0 Å². The molecule has 0 aromatic rings. The maximum absolute atomic E-state index is 2.29. The normalized spacial score (nSPS) is 28.6. The molecule has 1 aliphatic rings. The molecule has 1 aliphatic carbocycles. The Morgan fingerprint density at radius 2 is 0.643 bits per heavy atom. The van der Waals surface area contributed by atoms with Gasteiger partial charge >= 0.3 is 0 Å². The van der Waals surface area contributed by atoms with E-state index in [1.807, 2.05) is 0 Å². The zero-order valence-corrected chi connectivity index (χ0v) is 8.86. The highest BCUT2D eigenvalue weighted by Crippen LogP contribution is 2.01. The van der Waals surface area contributed by atoms with Gasteiger partial charge in [0.05, 0.1) is 0 Å². The van der Waals surface area contributed by atoms with Gasteiger partial charge < -0.3 is 0 Å². The third-order valence-electron chi connectivity index (χ3n) is 2.21. The third kappa shape index (κ3) is 6.47. The Bertz CT molecular complexity index is 204. The number of rotatable bonds is 0. The molecule has 0 unspecified atom stereocenters. The molecule has 0 heteroatoms. The monoisotopic (exact) mass is 188 g/mol. The molecule has 0 saturated heterocycles. The standard InChI is InChI=1S/C14H20/c1-2-4-6-8-10-12-14-13-11-9-7-5-3-1/h1-2,5-8,13-14H,3-4,9-12H2/b2-1+,7-5+,8-6+,14-13+.